The summed E-state index contributed by atoms with van der Waals surface area (Å²) in [6.07, 6.45) is 2.01. The Kier molecular flexibility index (Phi) is 5.44. The zero-order valence-electron chi connectivity index (χ0n) is 9.31. The zero-order valence-corrected chi connectivity index (χ0v) is 9.31. The van der Waals surface area contributed by atoms with Crippen molar-refractivity contribution in [3.05, 3.63) is 11.1 Å². The minimum absolute atomic E-state index is 0.0341. The van der Waals surface area contributed by atoms with Crippen LogP contribution in [0.15, 0.2) is 11.1 Å². The summed E-state index contributed by atoms with van der Waals surface area (Å²) in [5.74, 6) is -0.180. The van der Waals surface area contributed by atoms with Gasteiger partial charge in [-0.25, -0.2) is 4.79 Å². The van der Waals surface area contributed by atoms with Gasteiger partial charge in [0.15, 0.2) is 0 Å². The van der Waals surface area contributed by atoms with Crippen LogP contribution in [0, 0.1) is 0 Å². The fourth-order valence-electron chi connectivity index (χ4n) is 0.941. The molecule has 0 saturated carbocycles. The van der Waals surface area contributed by atoms with E-state index in [0.29, 0.717) is 0 Å². The highest BCUT2D eigenvalue weighted by Gasteiger charge is 2.10. The second-order valence-electron chi connectivity index (χ2n) is 3.63. The molecule has 0 aromatic heterocycles. The van der Waals surface area contributed by atoms with Crippen molar-refractivity contribution >= 4 is 5.97 Å². The van der Waals surface area contributed by atoms with Gasteiger partial charge in [0.2, 0.25) is 0 Å². The summed E-state index contributed by atoms with van der Waals surface area (Å²) in [7, 11) is 0. The number of rotatable bonds is 4. The smallest absolute Gasteiger partial charge is 0.333 e. The van der Waals surface area contributed by atoms with E-state index in [0.717, 1.165) is 24.0 Å². The van der Waals surface area contributed by atoms with E-state index in [2.05, 4.69) is 6.92 Å². The fourth-order valence-corrected chi connectivity index (χ4v) is 0.941. The lowest BCUT2D eigenvalue weighted by Crippen LogP contribution is -2.15. The largest absolute Gasteiger partial charge is 0.459 e. The van der Waals surface area contributed by atoms with Gasteiger partial charge in [-0.1, -0.05) is 18.9 Å². The van der Waals surface area contributed by atoms with Crippen LogP contribution in [0.3, 0.4) is 0 Å². The van der Waals surface area contributed by atoms with E-state index in [4.69, 9.17) is 4.74 Å². The number of ether oxygens (including phenoxy) is 1. The van der Waals surface area contributed by atoms with Crippen molar-refractivity contribution in [3.63, 3.8) is 0 Å². The van der Waals surface area contributed by atoms with Crippen LogP contribution in [0.1, 0.15) is 47.5 Å². The van der Waals surface area contributed by atoms with E-state index >= 15 is 0 Å². The van der Waals surface area contributed by atoms with Gasteiger partial charge < -0.3 is 4.74 Å². The van der Waals surface area contributed by atoms with Crippen molar-refractivity contribution in [1.82, 2.24) is 0 Å². The first-order valence-corrected chi connectivity index (χ1v) is 4.84. The molecule has 0 N–H and O–H groups in total. The number of hydrogen-bond acceptors (Lipinski definition) is 2. The lowest BCUT2D eigenvalue weighted by Gasteiger charge is -2.12. The van der Waals surface area contributed by atoms with Gasteiger partial charge in [-0.3, -0.25) is 0 Å². The maximum atomic E-state index is 11.4. The first-order chi connectivity index (χ1) is 5.99. The standard InChI is InChI=1S/C11H20O2/c1-6-7-9(4)13-11(12)10(5)8(2)3/h9H,6-7H2,1-5H3. The van der Waals surface area contributed by atoms with Crippen molar-refractivity contribution in [1.29, 1.82) is 0 Å². The molecular weight excluding hydrogens is 164 g/mol. The Morgan fingerprint density at radius 1 is 1.31 bits per heavy atom. The lowest BCUT2D eigenvalue weighted by molar-refractivity contribution is -0.143. The highest BCUT2D eigenvalue weighted by Crippen LogP contribution is 2.08. The maximum absolute atomic E-state index is 11.4. The van der Waals surface area contributed by atoms with Crippen LogP contribution in [0.25, 0.3) is 0 Å². The van der Waals surface area contributed by atoms with E-state index in [1.54, 1.807) is 6.92 Å². The van der Waals surface area contributed by atoms with Gasteiger partial charge in [0.25, 0.3) is 0 Å². The van der Waals surface area contributed by atoms with Crippen LogP contribution in [-0.2, 0) is 9.53 Å². The Hall–Kier alpha value is -0.790. The number of allylic oxidation sites excluding steroid dienone is 1. The lowest BCUT2D eigenvalue weighted by atomic mass is 10.2. The van der Waals surface area contributed by atoms with Gasteiger partial charge in [-0.2, -0.15) is 0 Å². The highest BCUT2D eigenvalue weighted by molar-refractivity contribution is 5.88. The summed E-state index contributed by atoms with van der Waals surface area (Å²) >= 11 is 0. The minimum Gasteiger partial charge on any atom is -0.459 e. The molecule has 76 valence electrons. The summed E-state index contributed by atoms with van der Waals surface area (Å²) in [6, 6.07) is 0. The van der Waals surface area contributed by atoms with Crippen LogP contribution >= 0.6 is 0 Å². The third-order valence-electron chi connectivity index (χ3n) is 2.06. The Labute approximate surface area is 81.0 Å². The molecule has 0 spiro atoms. The third kappa shape index (κ3) is 4.71. The predicted octanol–water partition coefficient (Wildman–Crippen LogP) is 3.07. The molecule has 0 heterocycles. The van der Waals surface area contributed by atoms with E-state index < -0.39 is 0 Å². The molecule has 0 amide bonds. The molecule has 0 radical (unpaired) electrons. The van der Waals surface area contributed by atoms with Crippen molar-refractivity contribution in [2.45, 2.75) is 53.6 Å². The quantitative estimate of drug-likeness (QED) is 0.496. The summed E-state index contributed by atoms with van der Waals surface area (Å²) < 4.78 is 5.22. The average molecular weight is 184 g/mol. The third-order valence-corrected chi connectivity index (χ3v) is 2.06. The zero-order chi connectivity index (χ0) is 10.4. The van der Waals surface area contributed by atoms with Crippen molar-refractivity contribution in [2.24, 2.45) is 0 Å². The van der Waals surface area contributed by atoms with Gasteiger partial charge in [0.05, 0.1) is 6.10 Å². The van der Waals surface area contributed by atoms with Crippen LogP contribution in [0.4, 0.5) is 0 Å². The summed E-state index contributed by atoms with van der Waals surface area (Å²) in [5.41, 5.74) is 1.75. The van der Waals surface area contributed by atoms with Gasteiger partial charge in [-0.05, 0) is 34.1 Å². The molecule has 0 rings (SSSR count). The van der Waals surface area contributed by atoms with Gasteiger partial charge in [0.1, 0.15) is 0 Å². The SMILES string of the molecule is CCCC(C)OC(=O)C(C)=C(C)C. The van der Waals surface area contributed by atoms with Gasteiger partial charge in [-0.15, -0.1) is 0 Å². The second kappa shape index (κ2) is 5.79. The maximum Gasteiger partial charge on any atom is 0.333 e. The molecule has 2 nitrogen and oxygen atoms in total. The molecule has 0 aliphatic heterocycles. The summed E-state index contributed by atoms with van der Waals surface area (Å²) in [4.78, 5) is 11.4. The number of carbonyl (C=O) groups is 1. The number of esters is 1. The van der Waals surface area contributed by atoms with Crippen molar-refractivity contribution in [2.75, 3.05) is 0 Å². The highest BCUT2D eigenvalue weighted by atomic mass is 16.5. The van der Waals surface area contributed by atoms with Gasteiger partial charge in [0, 0.05) is 5.57 Å². The van der Waals surface area contributed by atoms with E-state index in [1.807, 2.05) is 20.8 Å². The van der Waals surface area contributed by atoms with Gasteiger partial charge >= 0.3 is 5.97 Å². The van der Waals surface area contributed by atoms with Crippen molar-refractivity contribution < 1.29 is 9.53 Å². The topological polar surface area (TPSA) is 26.3 Å². The molecule has 0 aliphatic rings. The predicted molar refractivity (Wildman–Crippen MR) is 54.5 cm³/mol. The molecule has 0 aromatic rings. The molecule has 0 aromatic carbocycles. The van der Waals surface area contributed by atoms with Crippen LogP contribution < -0.4 is 0 Å². The molecule has 0 saturated heterocycles. The molecule has 0 fully saturated rings. The Morgan fingerprint density at radius 3 is 2.23 bits per heavy atom. The first-order valence-electron chi connectivity index (χ1n) is 4.84. The van der Waals surface area contributed by atoms with Crippen LogP contribution in [-0.4, -0.2) is 12.1 Å². The molecule has 0 aliphatic carbocycles. The molecule has 2 heteroatoms. The van der Waals surface area contributed by atoms with Crippen LogP contribution in [0.2, 0.25) is 0 Å². The normalized spacial score (nSPS) is 12.1. The summed E-state index contributed by atoms with van der Waals surface area (Å²) in [5, 5.41) is 0. The van der Waals surface area contributed by atoms with E-state index in [1.165, 1.54) is 0 Å². The second-order valence-corrected chi connectivity index (χ2v) is 3.63. The molecule has 0 bridgehead atoms. The summed E-state index contributed by atoms with van der Waals surface area (Å²) in [6.45, 7) is 9.65. The Balaban J connectivity index is 4.09. The molecular formula is C11H20O2. The van der Waals surface area contributed by atoms with E-state index in [9.17, 15) is 4.79 Å². The minimum atomic E-state index is -0.180. The van der Waals surface area contributed by atoms with Crippen LogP contribution in [0.5, 0.6) is 0 Å². The van der Waals surface area contributed by atoms with Crippen molar-refractivity contribution in [3.8, 4) is 0 Å². The molecule has 1 unspecified atom stereocenters. The molecule has 1 atom stereocenters. The first kappa shape index (κ1) is 12.2. The average Bonchev–Trinajstić information content (AvgIpc) is 2.03. The monoisotopic (exact) mass is 184 g/mol. The number of carbonyl (C=O) groups excluding carboxylic acids is 1. The Bertz CT molecular complexity index is 200. The molecule has 13 heavy (non-hydrogen) atoms. The Morgan fingerprint density at radius 2 is 1.85 bits per heavy atom. The number of hydrogen-bond donors (Lipinski definition) is 0. The fraction of sp³-hybridized carbons (Fsp3) is 0.727. The van der Waals surface area contributed by atoms with E-state index in [-0.39, 0.29) is 12.1 Å².